The Balaban J connectivity index is 1.69. The molecule has 0 spiro atoms. The molecule has 31 heavy (non-hydrogen) atoms. The number of carbonyl (C=O) groups is 3. The molecule has 0 amide bonds. The summed E-state index contributed by atoms with van der Waals surface area (Å²) < 4.78 is 4.80. The Labute approximate surface area is 180 Å². The van der Waals surface area contributed by atoms with E-state index in [1.54, 1.807) is 12.1 Å². The summed E-state index contributed by atoms with van der Waals surface area (Å²) in [4.78, 5) is 43.6. The Bertz CT molecular complexity index is 1200. The van der Waals surface area contributed by atoms with E-state index in [1.165, 1.54) is 7.11 Å². The van der Waals surface area contributed by atoms with Gasteiger partial charge in [0.05, 0.1) is 24.3 Å². The van der Waals surface area contributed by atoms with E-state index in [0.29, 0.717) is 35.2 Å². The van der Waals surface area contributed by atoms with Gasteiger partial charge in [0.2, 0.25) is 0 Å². The predicted octanol–water partition coefficient (Wildman–Crippen LogP) is 4.62. The highest BCUT2D eigenvalue weighted by Gasteiger charge is 2.49. The monoisotopic (exact) mass is 413 g/mol. The quantitative estimate of drug-likeness (QED) is 0.673. The van der Waals surface area contributed by atoms with Gasteiger partial charge in [0, 0.05) is 34.8 Å². The van der Waals surface area contributed by atoms with Gasteiger partial charge in [-0.3, -0.25) is 14.6 Å². The molecule has 0 N–H and O–H groups in total. The third-order valence-electron chi connectivity index (χ3n) is 6.54. The summed E-state index contributed by atoms with van der Waals surface area (Å²) in [7, 11) is 1.34. The number of nitrogens with zero attached hydrogens (tertiary/aromatic N) is 1. The van der Waals surface area contributed by atoms with Crippen LogP contribution in [0.5, 0.6) is 0 Å². The largest absolute Gasteiger partial charge is 0.465 e. The molecule has 2 aromatic carbocycles. The lowest BCUT2D eigenvalue weighted by atomic mass is 9.63. The molecule has 1 fully saturated rings. The van der Waals surface area contributed by atoms with E-state index in [9.17, 15) is 14.4 Å². The highest BCUT2D eigenvalue weighted by atomic mass is 16.5. The SMILES string of the molecule is COC(=O)c1ccc([C@@H]2C3=C(N=C4CC(C)(C)CC(=O)C42)c2ccccc2C3=O)cc1. The van der Waals surface area contributed by atoms with Crippen LogP contribution in [0.15, 0.2) is 59.1 Å². The van der Waals surface area contributed by atoms with Crippen molar-refractivity contribution in [3.8, 4) is 0 Å². The molecule has 0 radical (unpaired) electrons. The zero-order chi connectivity index (χ0) is 21.9. The van der Waals surface area contributed by atoms with Crippen molar-refractivity contribution in [3.05, 3.63) is 76.4 Å². The first kappa shape index (κ1) is 19.6. The smallest absolute Gasteiger partial charge is 0.337 e. The third-order valence-corrected chi connectivity index (χ3v) is 6.54. The Hall–Kier alpha value is -3.34. The number of hydrogen-bond acceptors (Lipinski definition) is 5. The van der Waals surface area contributed by atoms with Crippen molar-refractivity contribution >= 4 is 28.9 Å². The van der Waals surface area contributed by atoms with Crippen molar-refractivity contribution in [2.75, 3.05) is 7.11 Å². The normalized spacial score (nSPS) is 23.6. The highest BCUT2D eigenvalue weighted by Crippen LogP contribution is 2.51. The number of ketones is 2. The maximum absolute atomic E-state index is 13.4. The van der Waals surface area contributed by atoms with Crippen LogP contribution < -0.4 is 0 Å². The maximum atomic E-state index is 13.4. The average molecular weight is 413 g/mol. The molecule has 0 bridgehead atoms. The van der Waals surface area contributed by atoms with Crippen LogP contribution in [0.1, 0.15) is 64.4 Å². The molecule has 3 aliphatic rings. The molecule has 0 aromatic heterocycles. The molecular weight excluding hydrogens is 390 g/mol. The first-order valence-electron chi connectivity index (χ1n) is 10.5. The summed E-state index contributed by atoms with van der Waals surface area (Å²) in [5, 5.41) is 0. The fourth-order valence-electron chi connectivity index (χ4n) is 5.23. The summed E-state index contributed by atoms with van der Waals surface area (Å²) in [5.41, 5.74) is 4.72. The minimum absolute atomic E-state index is 0.0620. The van der Waals surface area contributed by atoms with Crippen LogP contribution in [0, 0.1) is 11.3 Å². The Kier molecular flexibility index (Phi) is 4.33. The van der Waals surface area contributed by atoms with Gasteiger partial charge in [0.25, 0.3) is 0 Å². The molecule has 2 aliphatic carbocycles. The highest BCUT2D eigenvalue weighted by molar-refractivity contribution is 6.25. The van der Waals surface area contributed by atoms with E-state index in [2.05, 4.69) is 13.8 Å². The number of carbonyl (C=O) groups excluding carboxylic acids is 3. The van der Waals surface area contributed by atoms with Crippen molar-refractivity contribution in [2.24, 2.45) is 16.3 Å². The number of rotatable bonds is 2. The van der Waals surface area contributed by atoms with Crippen LogP contribution in [-0.4, -0.2) is 30.4 Å². The maximum Gasteiger partial charge on any atom is 0.337 e. The zero-order valence-electron chi connectivity index (χ0n) is 17.8. The fraction of sp³-hybridized carbons (Fsp3) is 0.308. The number of allylic oxidation sites excluding steroid dienone is 1. The van der Waals surface area contributed by atoms with Gasteiger partial charge in [-0.2, -0.15) is 0 Å². The van der Waals surface area contributed by atoms with Crippen LogP contribution in [0.4, 0.5) is 0 Å². The van der Waals surface area contributed by atoms with E-state index < -0.39 is 17.8 Å². The first-order chi connectivity index (χ1) is 14.8. The van der Waals surface area contributed by atoms with Crippen LogP contribution in [0.3, 0.4) is 0 Å². The first-order valence-corrected chi connectivity index (χ1v) is 10.5. The minimum Gasteiger partial charge on any atom is -0.465 e. The lowest BCUT2D eigenvalue weighted by molar-refractivity contribution is -0.124. The van der Waals surface area contributed by atoms with Crippen LogP contribution >= 0.6 is 0 Å². The molecule has 5 heteroatoms. The number of esters is 1. The Morgan fingerprint density at radius 1 is 0.968 bits per heavy atom. The number of aliphatic imine (C=N–C) groups is 1. The minimum atomic E-state index is -0.450. The van der Waals surface area contributed by atoms with E-state index in [-0.39, 0.29) is 17.0 Å². The molecule has 156 valence electrons. The second kappa shape index (κ2) is 6.84. The van der Waals surface area contributed by atoms with Crippen molar-refractivity contribution in [1.82, 2.24) is 0 Å². The van der Waals surface area contributed by atoms with Gasteiger partial charge in [0.15, 0.2) is 5.78 Å². The topological polar surface area (TPSA) is 72.8 Å². The number of benzene rings is 2. The summed E-state index contributed by atoms with van der Waals surface area (Å²) in [5.74, 6) is -1.22. The summed E-state index contributed by atoms with van der Waals surface area (Å²) in [6.07, 6.45) is 1.17. The fourth-order valence-corrected chi connectivity index (χ4v) is 5.23. The van der Waals surface area contributed by atoms with Gasteiger partial charge in [-0.1, -0.05) is 50.2 Å². The van der Waals surface area contributed by atoms with Crippen molar-refractivity contribution in [1.29, 1.82) is 0 Å². The van der Waals surface area contributed by atoms with Gasteiger partial charge in [-0.15, -0.1) is 0 Å². The Morgan fingerprint density at radius 3 is 2.32 bits per heavy atom. The standard InChI is InChI=1S/C26H23NO4/c1-26(2)12-18-21(19(28)13-26)20(14-8-10-15(11-9-14)25(30)31-3)22-23(27-18)16-6-4-5-7-17(16)24(22)29/h4-11,20-21H,12-13H2,1-3H3/t20-,21?/m0/s1. The van der Waals surface area contributed by atoms with Gasteiger partial charge in [-0.25, -0.2) is 4.79 Å². The second-order valence-corrected chi connectivity index (χ2v) is 9.29. The molecule has 1 saturated carbocycles. The molecule has 1 aliphatic heterocycles. The number of ether oxygens (including phenoxy) is 1. The zero-order valence-corrected chi connectivity index (χ0v) is 17.8. The van der Waals surface area contributed by atoms with Gasteiger partial charge in [-0.05, 0) is 29.5 Å². The van der Waals surface area contributed by atoms with Crippen LogP contribution in [-0.2, 0) is 9.53 Å². The van der Waals surface area contributed by atoms with Gasteiger partial charge >= 0.3 is 5.97 Å². The molecule has 1 heterocycles. The average Bonchev–Trinajstić information content (AvgIpc) is 3.03. The Morgan fingerprint density at radius 2 is 1.65 bits per heavy atom. The van der Waals surface area contributed by atoms with Crippen molar-refractivity contribution < 1.29 is 19.1 Å². The molecule has 0 saturated heterocycles. The number of fused-ring (bicyclic) bond motifs is 3. The van der Waals surface area contributed by atoms with E-state index in [0.717, 1.165) is 16.8 Å². The summed E-state index contributed by atoms with van der Waals surface area (Å²) in [6, 6.07) is 14.5. The number of Topliss-reactive ketones (excluding diaryl/α,β-unsaturated/α-hetero) is 2. The molecule has 1 unspecified atom stereocenters. The van der Waals surface area contributed by atoms with Crippen molar-refractivity contribution in [2.45, 2.75) is 32.6 Å². The van der Waals surface area contributed by atoms with Gasteiger partial charge < -0.3 is 4.74 Å². The molecule has 5 nitrogen and oxygen atoms in total. The van der Waals surface area contributed by atoms with E-state index in [1.807, 2.05) is 36.4 Å². The number of methoxy groups -OCH3 is 1. The lowest BCUT2D eigenvalue weighted by Crippen LogP contribution is -2.43. The van der Waals surface area contributed by atoms with Crippen LogP contribution in [0.25, 0.3) is 5.70 Å². The van der Waals surface area contributed by atoms with Crippen LogP contribution in [0.2, 0.25) is 0 Å². The molecule has 2 atom stereocenters. The predicted molar refractivity (Wildman–Crippen MR) is 117 cm³/mol. The second-order valence-electron chi connectivity index (χ2n) is 9.29. The van der Waals surface area contributed by atoms with E-state index >= 15 is 0 Å². The summed E-state index contributed by atoms with van der Waals surface area (Å²) >= 11 is 0. The molecule has 5 rings (SSSR count). The van der Waals surface area contributed by atoms with Crippen molar-refractivity contribution in [3.63, 3.8) is 0 Å². The third kappa shape index (κ3) is 2.99. The van der Waals surface area contributed by atoms with E-state index in [4.69, 9.17) is 9.73 Å². The molecule has 2 aromatic rings. The van der Waals surface area contributed by atoms with Gasteiger partial charge in [0.1, 0.15) is 5.78 Å². The summed E-state index contributed by atoms with van der Waals surface area (Å²) in [6.45, 7) is 4.17. The molecular formula is C26H23NO4. The number of hydrogen-bond donors (Lipinski definition) is 0. The lowest BCUT2D eigenvalue weighted by Gasteiger charge is -2.40.